The highest BCUT2D eigenvalue weighted by Crippen LogP contribution is 2.32. The van der Waals surface area contributed by atoms with E-state index in [1.165, 1.54) is 12.1 Å². The van der Waals surface area contributed by atoms with Gasteiger partial charge in [0.2, 0.25) is 18.2 Å². The van der Waals surface area contributed by atoms with Gasteiger partial charge in [-0.2, -0.15) is 4.99 Å². The lowest BCUT2D eigenvalue weighted by Crippen LogP contribution is -2.57. The zero-order valence-corrected chi connectivity index (χ0v) is 17.3. The largest absolute Gasteiger partial charge is 0.495 e. The van der Waals surface area contributed by atoms with E-state index in [1.807, 2.05) is 29.2 Å². The number of methoxy groups -OCH3 is 1. The number of nitrogens with one attached hydrogen (secondary N) is 1. The van der Waals surface area contributed by atoms with Crippen molar-refractivity contribution in [1.82, 2.24) is 4.90 Å². The molecule has 0 spiro atoms. The highest BCUT2D eigenvalue weighted by Gasteiger charge is 2.33. The van der Waals surface area contributed by atoms with Gasteiger partial charge in [0.1, 0.15) is 11.6 Å². The Labute approximate surface area is 180 Å². The molecule has 0 aliphatic carbocycles. The van der Waals surface area contributed by atoms with Crippen molar-refractivity contribution < 1.29 is 13.9 Å². The maximum atomic E-state index is 13.3. The van der Waals surface area contributed by atoms with Crippen LogP contribution in [0.25, 0.3) is 0 Å². The van der Waals surface area contributed by atoms with E-state index in [0.717, 1.165) is 5.69 Å². The summed E-state index contributed by atoms with van der Waals surface area (Å²) in [7, 11) is 1.62. The van der Waals surface area contributed by atoms with Crippen LogP contribution in [0.1, 0.15) is 0 Å². The summed E-state index contributed by atoms with van der Waals surface area (Å²) >= 11 is 0. The average molecular weight is 435 g/mol. The number of benzene rings is 2. The summed E-state index contributed by atoms with van der Waals surface area (Å²) in [6.07, 6.45) is -0.591. The fraction of sp³-hybridized carbons (Fsp3) is 0.300. The van der Waals surface area contributed by atoms with E-state index in [0.29, 0.717) is 43.7 Å². The minimum absolute atomic E-state index is 0. The molecule has 0 radical (unpaired) electrons. The van der Waals surface area contributed by atoms with E-state index < -0.39 is 6.29 Å². The van der Waals surface area contributed by atoms with Gasteiger partial charge in [-0.25, -0.2) is 9.38 Å². The number of hydrogen-bond donors (Lipinski definition) is 2. The van der Waals surface area contributed by atoms with Crippen molar-refractivity contribution in [2.45, 2.75) is 6.29 Å². The summed E-state index contributed by atoms with van der Waals surface area (Å²) in [4.78, 5) is 13.1. The van der Waals surface area contributed by atoms with Gasteiger partial charge in [-0.3, -0.25) is 4.90 Å². The first-order valence-electron chi connectivity index (χ1n) is 9.35. The van der Waals surface area contributed by atoms with Crippen LogP contribution in [-0.4, -0.2) is 56.5 Å². The van der Waals surface area contributed by atoms with Crippen LogP contribution in [0.5, 0.6) is 5.75 Å². The van der Waals surface area contributed by atoms with Gasteiger partial charge < -0.3 is 25.4 Å². The molecular formula is C20H24ClFN6O2. The number of halogens is 2. The number of morpholine rings is 1. The van der Waals surface area contributed by atoms with E-state index in [9.17, 15) is 4.39 Å². The SMILES string of the molecule is COc1ccccc1N1C(N2CCOCC2)=NC(N)=NC1Nc1ccc(F)cc1.Cl. The molecule has 4 rings (SSSR count). The minimum Gasteiger partial charge on any atom is -0.495 e. The molecule has 0 aromatic heterocycles. The summed E-state index contributed by atoms with van der Waals surface area (Å²) in [5.41, 5.74) is 7.55. The highest BCUT2D eigenvalue weighted by molar-refractivity contribution is 6.06. The number of para-hydroxylation sites is 2. The maximum Gasteiger partial charge on any atom is 0.222 e. The van der Waals surface area contributed by atoms with Gasteiger partial charge >= 0.3 is 0 Å². The third-order valence-corrected chi connectivity index (χ3v) is 4.71. The Morgan fingerprint density at radius 2 is 1.83 bits per heavy atom. The van der Waals surface area contributed by atoms with E-state index in [4.69, 9.17) is 15.2 Å². The summed E-state index contributed by atoms with van der Waals surface area (Å²) in [5.74, 6) is 1.19. The molecule has 2 heterocycles. The Kier molecular flexibility index (Phi) is 6.96. The molecule has 0 amide bonds. The number of aliphatic imine (C=N–C) groups is 2. The lowest BCUT2D eigenvalue weighted by atomic mass is 10.2. The molecule has 1 atom stereocenters. The molecule has 1 unspecified atom stereocenters. The smallest absolute Gasteiger partial charge is 0.222 e. The van der Waals surface area contributed by atoms with Crippen molar-refractivity contribution in [3.8, 4) is 5.75 Å². The van der Waals surface area contributed by atoms with Crippen molar-refractivity contribution in [1.29, 1.82) is 0 Å². The Morgan fingerprint density at radius 3 is 2.53 bits per heavy atom. The Morgan fingerprint density at radius 1 is 1.13 bits per heavy atom. The van der Waals surface area contributed by atoms with Gasteiger partial charge in [-0.05, 0) is 36.4 Å². The van der Waals surface area contributed by atoms with E-state index in [2.05, 4.69) is 20.2 Å². The molecule has 0 saturated carbocycles. The summed E-state index contributed by atoms with van der Waals surface area (Å²) < 4.78 is 24.4. The predicted octanol–water partition coefficient (Wildman–Crippen LogP) is 2.47. The van der Waals surface area contributed by atoms with Crippen molar-refractivity contribution in [2.24, 2.45) is 15.7 Å². The Balaban J connectivity index is 0.00000256. The molecule has 3 N–H and O–H groups in total. The number of guanidine groups is 2. The standard InChI is InChI=1S/C20H23FN6O2.ClH/c1-28-17-5-3-2-4-16(17)27-19(23-15-8-6-14(21)7-9-15)24-18(22)25-20(27)26-10-12-29-13-11-26;/h2-9,19,23H,10-13H2,1H3,(H2,22,24);1H. The van der Waals surface area contributed by atoms with Gasteiger partial charge in [0.15, 0.2) is 0 Å². The molecule has 2 aromatic carbocycles. The summed E-state index contributed by atoms with van der Waals surface area (Å²) in [5, 5.41) is 3.30. The quantitative estimate of drug-likeness (QED) is 0.768. The fourth-order valence-corrected chi connectivity index (χ4v) is 3.32. The maximum absolute atomic E-state index is 13.3. The normalized spacial score (nSPS) is 18.8. The van der Waals surface area contributed by atoms with E-state index >= 15 is 0 Å². The molecule has 8 nitrogen and oxygen atoms in total. The summed E-state index contributed by atoms with van der Waals surface area (Å²) in [6, 6.07) is 13.7. The van der Waals surface area contributed by atoms with Crippen LogP contribution >= 0.6 is 12.4 Å². The van der Waals surface area contributed by atoms with Gasteiger partial charge in [0.05, 0.1) is 26.0 Å². The first-order chi connectivity index (χ1) is 14.2. The van der Waals surface area contributed by atoms with Crippen LogP contribution in [0.15, 0.2) is 58.5 Å². The molecule has 2 aromatic rings. The van der Waals surface area contributed by atoms with Gasteiger partial charge in [-0.1, -0.05) is 12.1 Å². The van der Waals surface area contributed by atoms with Crippen LogP contribution < -0.4 is 20.7 Å². The monoisotopic (exact) mass is 434 g/mol. The van der Waals surface area contributed by atoms with Crippen molar-refractivity contribution >= 4 is 35.7 Å². The third kappa shape index (κ3) is 4.58. The molecule has 2 aliphatic rings. The lowest BCUT2D eigenvalue weighted by Gasteiger charge is -2.41. The molecule has 2 aliphatic heterocycles. The topological polar surface area (TPSA) is 87.7 Å². The number of ether oxygens (including phenoxy) is 2. The zero-order valence-electron chi connectivity index (χ0n) is 16.5. The number of hydrogen-bond acceptors (Lipinski definition) is 8. The number of anilines is 2. The van der Waals surface area contributed by atoms with Gasteiger partial charge in [0.25, 0.3) is 0 Å². The van der Waals surface area contributed by atoms with Gasteiger partial charge in [0, 0.05) is 18.8 Å². The zero-order chi connectivity index (χ0) is 20.2. The number of nitrogens with zero attached hydrogens (tertiary/aromatic N) is 4. The third-order valence-electron chi connectivity index (χ3n) is 4.71. The highest BCUT2D eigenvalue weighted by atomic mass is 35.5. The van der Waals surface area contributed by atoms with Crippen LogP contribution in [0.3, 0.4) is 0 Å². The van der Waals surface area contributed by atoms with E-state index in [1.54, 1.807) is 19.2 Å². The molecule has 1 fully saturated rings. The Hall–Kier alpha value is -3.04. The summed E-state index contributed by atoms with van der Waals surface area (Å²) in [6.45, 7) is 2.57. The molecule has 10 heteroatoms. The molecule has 0 bridgehead atoms. The predicted molar refractivity (Wildman–Crippen MR) is 118 cm³/mol. The van der Waals surface area contributed by atoms with Crippen LogP contribution in [0.4, 0.5) is 15.8 Å². The van der Waals surface area contributed by atoms with Crippen LogP contribution in [0, 0.1) is 5.82 Å². The molecule has 30 heavy (non-hydrogen) atoms. The Bertz CT molecular complexity index is 918. The fourth-order valence-electron chi connectivity index (χ4n) is 3.32. The van der Waals surface area contributed by atoms with Crippen LogP contribution in [-0.2, 0) is 4.74 Å². The average Bonchev–Trinajstić information content (AvgIpc) is 2.75. The number of rotatable bonds is 4. The van der Waals surface area contributed by atoms with Crippen molar-refractivity contribution in [2.75, 3.05) is 43.6 Å². The van der Waals surface area contributed by atoms with Crippen molar-refractivity contribution in [3.05, 3.63) is 54.3 Å². The molecular weight excluding hydrogens is 411 g/mol. The second-order valence-electron chi connectivity index (χ2n) is 6.57. The van der Waals surface area contributed by atoms with E-state index in [-0.39, 0.29) is 24.2 Å². The minimum atomic E-state index is -0.591. The first-order valence-corrected chi connectivity index (χ1v) is 9.35. The molecule has 160 valence electrons. The first kappa shape index (κ1) is 21.7. The second-order valence-corrected chi connectivity index (χ2v) is 6.57. The van der Waals surface area contributed by atoms with Gasteiger partial charge in [-0.15, -0.1) is 12.4 Å². The molecule has 1 saturated heterocycles. The lowest BCUT2D eigenvalue weighted by molar-refractivity contribution is 0.0671. The second kappa shape index (κ2) is 9.64. The van der Waals surface area contributed by atoms with Crippen molar-refractivity contribution in [3.63, 3.8) is 0 Å². The number of nitrogens with two attached hydrogens (primary N) is 1. The van der Waals surface area contributed by atoms with Crippen LogP contribution in [0.2, 0.25) is 0 Å².